The summed E-state index contributed by atoms with van der Waals surface area (Å²) in [6.45, 7) is 7.93. The van der Waals surface area contributed by atoms with Gasteiger partial charge in [-0.1, -0.05) is 26.8 Å². The average molecular weight is 359 g/mol. The number of carbonyl (C=O) groups excluding carboxylic acids is 1. The second-order valence-corrected chi connectivity index (χ2v) is 8.67. The lowest BCUT2D eigenvalue weighted by Crippen LogP contribution is -2.46. The summed E-state index contributed by atoms with van der Waals surface area (Å²) in [5.41, 5.74) is 0.378. The van der Waals surface area contributed by atoms with Gasteiger partial charge in [-0.25, -0.2) is 4.68 Å². The molecule has 1 saturated heterocycles. The fourth-order valence-electron chi connectivity index (χ4n) is 3.25. The van der Waals surface area contributed by atoms with E-state index in [0.29, 0.717) is 13.1 Å². The standard InChI is InChI=1S/C19H25N3O2S/c1-19(2,3)18(24)21-10-4-6-14(12-21)13-22-17(23)9-8-15(20-22)16-7-5-11-25-16/h5,7-9,11,14H,4,6,10,12-13H2,1-3H3/t14-/m1/s1. The molecular weight excluding hydrogens is 334 g/mol. The summed E-state index contributed by atoms with van der Waals surface area (Å²) in [5, 5.41) is 6.54. The number of nitrogens with zero attached hydrogens (tertiary/aromatic N) is 3. The minimum absolute atomic E-state index is 0.0837. The molecule has 2 aromatic heterocycles. The Balaban J connectivity index is 1.75. The topological polar surface area (TPSA) is 55.2 Å². The first-order valence-corrected chi connectivity index (χ1v) is 9.64. The molecule has 25 heavy (non-hydrogen) atoms. The fraction of sp³-hybridized carbons (Fsp3) is 0.526. The van der Waals surface area contributed by atoms with Crippen LogP contribution in [0.4, 0.5) is 0 Å². The number of thiophene rings is 1. The van der Waals surface area contributed by atoms with Crippen LogP contribution in [0.3, 0.4) is 0 Å². The monoisotopic (exact) mass is 359 g/mol. The Morgan fingerprint density at radius 3 is 2.80 bits per heavy atom. The first kappa shape index (κ1) is 17.9. The average Bonchev–Trinajstić information content (AvgIpc) is 3.10. The van der Waals surface area contributed by atoms with E-state index in [1.54, 1.807) is 28.2 Å². The maximum Gasteiger partial charge on any atom is 0.266 e. The molecule has 0 aliphatic carbocycles. The molecule has 6 heteroatoms. The van der Waals surface area contributed by atoms with Crippen molar-refractivity contribution in [2.75, 3.05) is 13.1 Å². The smallest absolute Gasteiger partial charge is 0.266 e. The summed E-state index contributed by atoms with van der Waals surface area (Å²) in [7, 11) is 0. The van der Waals surface area contributed by atoms with Gasteiger partial charge in [0.05, 0.1) is 4.88 Å². The maximum atomic E-state index is 12.5. The molecule has 134 valence electrons. The first-order valence-electron chi connectivity index (χ1n) is 8.76. The lowest BCUT2D eigenvalue weighted by atomic mass is 9.91. The van der Waals surface area contributed by atoms with Crippen molar-refractivity contribution in [3.63, 3.8) is 0 Å². The Bertz CT molecular complexity index is 790. The van der Waals surface area contributed by atoms with Crippen LogP contribution in [-0.4, -0.2) is 33.7 Å². The van der Waals surface area contributed by atoms with Crippen LogP contribution in [-0.2, 0) is 11.3 Å². The summed E-state index contributed by atoms with van der Waals surface area (Å²) in [6.07, 6.45) is 2.00. The molecule has 1 fully saturated rings. The minimum Gasteiger partial charge on any atom is -0.342 e. The highest BCUT2D eigenvalue weighted by Gasteiger charge is 2.31. The quantitative estimate of drug-likeness (QED) is 0.845. The van der Waals surface area contributed by atoms with Crippen LogP contribution < -0.4 is 5.56 Å². The van der Waals surface area contributed by atoms with Crippen LogP contribution in [0.1, 0.15) is 33.6 Å². The molecule has 2 aromatic rings. The van der Waals surface area contributed by atoms with E-state index in [-0.39, 0.29) is 22.8 Å². The van der Waals surface area contributed by atoms with Crippen molar-refractivity contribution in [2.24, 2.45) is 11.3 Å². The lowest BCUT2D eigenvalue weighted by molar-refractivity contribution is -0.141. The Kier molecular flexibility index (Phi) is 5.08. The number of piperidine rings is 1. The van der Waals surface area contributed by atoms with Gasteiger partial charge in [-0.15, -0.1) is 11.3 Å². The van der Waals surface area contributed by atoms with Gasteiger partial charge in [0.2, 0.25) is 5.91 Å². The zero-order valence-electron chi connectivity index (χ0n) is 15.1. The fourth-order valence-corrected chi connectivity index (χ4v) is 3.94. The number of amides is 1. The van der Waals surface area contributed by atoms with Crippen LogP contribution >= 0.6 is 11.3 Å². The highest BCUT2D eigenvalue weighted by molar-refractivity contribution is 7.13. The summed E-state index contributed by atoms with van der Waals surface area (Å²) in [6, 6.07) is 7.35. The molecule has 0 spiro atoms. The molecule has 1 atom stereocenters. The van der Waals surface area contributed by atoms with Crippen molar-refractivity contribution in [2.45, 2.75) is 40.2 Å². The van der Waals surface area contributed by atoms with Gasteiger partial charge in [-0.05, 0) is 36.3 Å². The van der Waals surface area contributed by atoms with Crippen molar-refractivity contribution >= 4 is 17.2 Å². The van der Waals surface area contributed by atoms with E-state index >= 15 is 0 Å². The van der Waals surface area contributed by atoms with Crippen molar-refractivity contribution < 1.29 is 4.79 Å². The molecule has 0 unspecified atom stereocenters. The molecule has 0 saturated carbocycles. The highest BCUT2D eigenvalue weighted by Crippen LogP contribution is 2.25. The maximum absolute atomic E-state index is 12.5. The van der Waals surface area contributed by atoms with Crippen LogP contribution in [0, 0.1) is 11.3 Å². The van der Waals surface area contributed by atoms with E-state index in [2.05, 4.69) is 5.10 Å². The van der Waals surface area contributed by atoms with Crippen molar-refractivity contribution in [3.8, 4) is 10.6 Å². The van der Waals surface area contributed by atoms with Gasteiger partial charge in [0, 0.05) is 31.1 Å². The number of hydrogen-bond donors (Lipinski definition) is 0. The molecule has 3 rings (SSSR count). The van der Waals surface area contributed by atoms with Crippen LogP contribution in [0.2, 0.25) is 0 Å². The Labute approximate surface area is 152 Å². The van der Waals surface area contributed by atoms with Crippen LogP contribution in [0.25, 0.3) is 10.6 Å². The number of rotatable bonds is 3. The number of aromatic nitrogens is 2. The molecular formula is C19H25N3O2S. The number of likely N-dealkylation sites (tertiary alicyclic amines) is 1. The molecule has 0 radical (unpaired) electrons. The highest BCUT2D eigenvalue weighted by atomic mass is 32.1. The van der Waals surface area contributed by atoms with Crippen LogP contribution in [0.15, 0.2) is 34.4 Å². The van der Waals surface area contributed by atoms with Crippen molar-refractivity contribution in [3.05, 3.63) is 40.0 Å². The zero-order valence-corrected chi connectivity index (χ0v) is 15.9. The van der Waals surface area contributed by atoms with Gasteiger partial charge in [-0.2, -0.15) is 5.10 Å². The third-order valence-electron chi connectivity index (χ3n) is 4.52. The first-order chi connectivity index (χ1) is 11.8. The second-order valence-electron chi connectivity index (χ2n) is 7.73. The van der Waals surface area contributed by atoms with Gasteiger partial charge in [0.25, 0.3) is 5.56 Å². The SMILES string of the molecule is CC(C)(C)C(=O)N1CCC[C@@H](Cn2nc(-c3cccs3)ccc2=O)C1. The molecule has 1 amide bonds. The number of hydrogen-bond acceptors (Lipinski definition) is 4. The molecule has 3 heterocycles. The third kappa shape index (κ3) is 4.18. The van der Waals surface area contributed by atoms with Crippen molar-refractivity contribution in [1.82, 2.24) is 14.7 Å². The zero-order chi connectivity index (χ0) is 18.0. The van der Waals surface area contributed by atoms with Gasteiger partial charge in [0.15, 0.2) is 0 Å². The van der Waals surface area contributed by atoms with E-state index in [9.17, 15) is 9.59 Å². The Morgan fingerprint density at radius 2 is 2.12 bits per heavy atom. The van der Waals surface area contributed by atoms with Crippen LogP contribution in [0.5, 0.6) is 0 Å². The largest absolute Gasteiger partial charge is 0.342 e. The summed E-state index contributed by atoms with van der Waals surface area (Å²) >= 11 is 1.61. The van der Waals surface area contributed by atoms with Crippen molar-refractivity contribution in [1.29, 1.82) is 0 Å². The summed E-state index contributed by atoms with van der Waals surface area (Å²) in [4.78, 5) is 27.8. The van der Waals surface area contributed by atoms with Gasteiger partial charge < -0.3 is 4.90 Å². The van der Waals surface area contributed by atoms with E-state index in [4.69, 9.17) is 0 Å². The predicted octanol–water partition coefficient (Wildman–Crippen LogP) is 3.26. The molecule has 0 bridgehead atoms. The Morgan fingerprint density at radius 1 is 1.32 bits per heavy atom. The van der Waals surface area contributed by atoms with Gasteiger partial charge in [0.1, 0.15) is 5.69 Å². The second kappa shape index (κ2) is 7.12. The summed E-state index contributed by atoms with van der Waals surface area (Å²) < 4.78 is 1.56. The van der Waals surface area contributed by atoms with E-state index < -0.39 is 0 Å². The lowest BCUT2D eigenvalue weighted by Gasteiger charge is -2.36. The van der Waals surface area contributed by atoms with Gasteiger partial charge >= 0.3 is 0 Å². The molecule has 1 aliphatic rings. The molecule has 1 aliphatic heterocycles. The summed E-state index contributed by atoms with van der Waals surface area (Å²) in [5.74, 6) is 0.452. The molecule has 0 aromatic carbocycles. The third-order valence-corrected chi connectivity index (χ3v) is 5.41. The molecule has 0 N–H and O–H groups in total. The normalized spacial score (nSPS) is 18.4. The number of carbonyl (C=O) groups is 1. The molecule has 5 nitrogen and oxygen atoms in total. The van der Waals surface area contributed by atoms with E-state index in [1.807, 2.05) is 43.2 Å². The minimum atomic E-state index is -0.365. The predicted molar refractivity (Wildman–Crippen MR) is 101 cm³/mol. The Hall–Kier alpha value is -1.95. The van der Waals surface area contributed by atoms with E-state index in [0.717, 1.165) is 30.0 Å². The van der Waals surface area contributed by atoms with E-state index in [1.165, 1.54) is 0 Å². The van der Waals surface area contributed by atoms with Gasteiger partial charge in [-0.3, -0.25) is 9.59 Å².